The molecule has 0 aromatic heterocycles. The Morgan fingerprint density at radius 1 is 1.03 bits per heavy atom. The van der Waals surface area contributed by atoms with Gasteiger partial charge in [-0.1, -0.05) is 19.4 Å². The summed E-state index contributed by atoms with van der Waals surface area (Å²) in [5.74, 6) is -2.01. The van der Waals surface area contributed by atoms with Gasteiger partial charge in [0.25, 0.3) is 0 Å². The van der Waals surface area contributed by atoms with Crippen molar-refractivity contribution < 1.29 is 44.7 Å². The molecule has 0 aromatic carbocycles. The van der Waals surface area contributed by atoms with Crippen LogP contribution < -0.4 is 0 Å². The van der Waals surface area contributed by atoms with E-state index in [0.29, 0.717) is 19.3 Å². The SMILES string of the molecule is C[C@]12CCC(=O)C=C1CC[C@@H]1[C@@H]2[C@@H](O)C[C@@]2(C)[C@H]1CC[C@]2(O)C(=O)CO.O=C(O)CCC(=O)O.[NaH]. The predicted octanol–water partition coefficient (Wildman–Crippen LogP) is 1.07. The molecular formula is C25H37NaO9. The molecule has 0 heterocycles. The van der Waals surface area contributed by atoms with Crippen LogP contribution in [-0.4, -0.2) is 96.9 Å². The quantitative estimate of drug-likeness (QED) is 0.344. The molecule has 0 bridgehead atoms. The normalized spacial score (nSPS) is 39.5. The Morgan fingerprint density at radius 2 is 1.63 bits per heavy atom. The standard InChI is InChI=1S/C21H30O5.C4H6O4.Na.H/c1-19-7-5-13(23)9-12(19)3-4-14-15-6-8-21(26,17(25)11-22)20(15,2)10-16(24)18(14)19;5-3(6)1-2-4(7)8;;/h9,14-16,18,22,24,26H,3-8,10-11H2,1-2H3;1-2H2,(H,5,6)(H,7,8);;/t14-,15-,16-,18+,19-,20-,21-;;;/m0.../s1. The average Bonchev–Trinajstić information content (AvgIpc) is 3.03. The second-order valence-electron chi connectivity index (χ2n) is 10.8. The topological polar surface area (TPSA) is 169 Å². The number of carboxylic acids is 2. The number of aliphatic carboxylic acids is 2. The molecule has 0 saturated heterocycles. The summed E-state index contributed by atoms with van der Waals surface area (Å²) in [7, 11) is 0. The third-order valence-corrected chi connectivity index (χ3v) is 9.21. The minimum absolute atomic E-state index is 0. The summed E-state index contributed by atoms with van der Waals surface area (Å²) >= 11 is 0. The van der Waals surface area contributed by atoms with E-state index in [1.807, 2.05) is 6.92 Å². The van der Waals surface area contributed by atoms with E-state index in [-0.39, 0.29) is 71.4 Å². The van der Waals surface area contributed by atoms with Crippen molar-refractivity contribution in [2.45, 2.75) is 83.3 Å². The zero-order chi connectivity index (χ0) is 25.5. The summed E-state index contributed by atoms with van der Waals surface area (Å²) < 4.78 is 0. The van der Waals surface area contributed by atoms with Crippen molar-refractivity contribution in [3.05, 3.63) is 11.6 Å². The number of rotatable bonds is 5. The number of ketones is 2. The maximum absolute atomic E-state index is 12.4. The van der Waals surface area contributed by atoms with Crippen molar-refractivity contribution in [2.75, 3.05) is 6.61 Å². The molecule has 4 aliphatic carbocycles. The van der Waals surface area contributed by atoms with Gasteiger partial charge in [0.1, 0.15) is 12.2 Å². The van der Waals surface area contributed by atoms with E-state index in [2.05, 4.69) is 6.92 Å². The number of hydrogen-bond donors (Lipinski definition) is 5. The van der Waals surface area contributed by atoms with Gasteiger partial charge in [-0.2, -0.15) is 0 Å². The fourth-order valence-corrected chi connectivity index (χ4v) is 7.49. The van der Waals surface area contributed by atoms with Crippen molar-refractivity contribution in [1.29, 1.82) is 0 Å². The molecule has 0 unspecified atom stereocenters. The van der Waals surface area contributed by atoms with Gasteiger partial charge in [-0.15, -0.1) is 0 Å². The van der Waals surface area contributed by atoms with E-state index in [4.69, 9.17) is 10.2 Å². The molecule has 0 aromatic rings. The van der Waals surface area contributed by atoms with Crippen molar-refractivity contribution in [2.24, 2.45) is 28.6 Å². The van der Waals surface area contributed by atoms with Crippen molar-refractivity contribution in [3.8, 4) is 0 Å². The molecule has 9 nitrogen and oxygen atoms in total. The van der Waals surface area contributed by atoms with Crippen LogP contribution in [0, 0.1) is 28.6 Å². The molecule has 35 heavy (non-hydrogen) atoms. The van der Waals surface area contributed by atoms with E-state index in [1.165, 1.54) is 5.57 Å². The van der Waals surface area contributed by atoms with Gasteiger partial charge in [-0.25, -0.2) is 0 Å². The number of hydrogen-bond acceptors (Lipinski definition) is 7. The van der Waals surface area contributed by atoms with Crippen LogP contribution in [0.15, 0.2) is 11.6 Å². The molecule has 0 spiro atoms. The zero-order valence-corrected chi connectivity index (χ0v) is 19.8. The van der Waals surface area contributed by atoms with Crippen LogP contribution in [0.5, 0.6) is 0 Å². The van der Waals surface area contributed by atoms with Crippen LogP contribution in [0.1, 0.15) is 71.6 Å². The van der Waals surface area contributed by atoms with E-state index >= 15 is 0 Å². The van der Waals surface area contributed by atoms with E-state index < -0.39 is 41.4 Å². The van der Waals surface area contributed by atoms with Crippen molar-refractivity contribution in [3.63, 3.8) is 0 Å². The molecule has 0 radical (unpaired) electrons. The third kappa shape index (κ3) is 5.31. The second kappa shape index (κ2) is 11.1. The van der Waals surface area contributed by atoms with Gasteiger partial charge in [0.2, 0.25) is 0 Å². The monoisotopic (exact) mass is 504 g/mol. The molecule has 0 amide bonds. The van der Waals surface area contributed by atoms with Crippen molar-refractivity contribution >= 4 is 53.1 Å². The zero-order valence-electron chi connectivity index (χ0n) is 19.8. The van der Waals surface area contributed by atoms with Crippen LogP contribution in [0.4, 0.5) is 0 Å². The maximum atomic E-state index is 12.4. The summed E-state index contributed by atoms with van der Waals surface area (Å²) in [5.41, 5.74) is -1.23. The number of allylic oxidation sites excluding steroid dienone is 1. The van der Waals surface area contributed by atoms with Crippen LogP contribution in [-0.2, 0) is 19.2 Å². The number of carbonyl (C=O) groups excluding carboxylic acids is 2. The van der Waals surface area contributed by atoms with Crippen LogP contribution in [0.2, 0.25) is 0 Å². The van der Waals surface area contributed by atoms with Gasteiger partial charge in [-0.05, 0) is 67.8 Å². The van der Waals surface area contributed by atoms with Crippen LogP contribution in [0.3, 0.4) is 0 Å². The molecule has 0 aliphatic heterocycles. The fraction of sp³-hybridized carbons (Fsp3) is 0.760. The molecule has 4 rings (SSSR count). The van der Waals surface area contributed by atoms with Gasteiger partial charge in [0.05, 0.1) is 18.9 Å². The van der Waals surface area contributed by atoms with Gasteiger partial charge in [-0.3, -0.25) is 19.2 Å². The molecule has 7 atom stereocenters. The number of fused-ring (bicyclic) bond motifs is 5. The molecule has 5 N–H and O–H groups in total. The van der Waals surface area contributed by atoms with Crippen molar-refractivity contribution in [1.82, 2.24) is 0 Å². The number of carboxylic acid groups (broad SMARTS) is 2. The van der Waals surface area contributed by atoms with Gasteiger partial charge < -0.3 is 25.5 Å². The molecule has 3 fully saturated rings. The van der Waals surface area contributed by atoms with Gasteiger partial charge in [0, 0.05) is 11.8 Å². The van der Waals surface area contributed by atoms with Gasteiger partial charge in [0.15, 0.2) is 11.6 Å². The first-order valence-electron chi connectivity index (χ1n) is 12.0. The Balaban J connectivity index is 0.000000418. The molecule has 192 valence electrons. The molecule has 10 heteroatoms. The Kier molecular flexibility index (Phi) is 9.56. The summed E-state index contributed by atoms with van der Waals surface area (Å²) in [6, 6.07) is 0. The van der Waals surface area contributed by atoms with Crippen LogP contribution >= 0.6 is 0 Å². The number of Topliss-reactive ketones (excluding diaryl/α,β-unsaturated/α-hetero) is 1. The summed E-state index contributed by atoms with van der Waals surface area (Å²) in [4.78, 5) is 43.5. The number of carbonyl (C=O) groups is 4. The van der Waals surface area contributed by atoms with E-state index in [1.54, 1.807) is 6.08 Å². The first kappa shape index (κ1) is 30.1. The molecule has 3 saturated carbocycles. The van der Waals surface area contributed by atoms with Gasteiger partial charge >= 0.3 is 41.5 Å². The minimum atomic E-state index is -1.54. The van der Waals surface area contributed by atoms with E-state index in [0.717, 1.165) is 25.7 Å². The third-order valence-electron chi connectivity index (χ3n) is 9.21. The second-order valence-corrected chi connectivity index (χ2v) is 10.8. The summed E-state index contributed by atoms with van der Waals surface area (Å²) in [6.45, 7) is 3.46. The summed E-state index contributed by atoms with van der Waals surface area (Å²) in [5, 5.41) is 47.5. The average molecular weight is 505 g/mol. The summed E-state index contributed by atoms with van der Waals surface area (Å²) in [6.07, 6.45) is 5.14. The fourth-order valence-electron chi connectivity index (χ4n) is 7.49. The van der Waals surface area contributed by atoms with Crippen LogP contribution in [0.25, 0.3) is 0 Å². The molecular weight excluding hydrogens is 467 g/mol. The Labute approximate surface area is 227 Å². The first-order valence-corrected chi connectivity index (χ1v) is 12.0. The van der Waals surface area contributed by atoms with E-state index in [9.17, 15) is 34.5 Å². The Hall–Kier alpha value is -1.10. The number of aliphatic hydroxyl groups excluding tert-OH is 2. The Bertz CT molecular complexity index is 887. The number of aliphatic hydroxyl groups is 3. The predicted molar refractivity (Wildman–Crippen MR) is 127 cm³/mol. The molecule has 4 aliphatic rings. The Morgan fingerprint density at radius 3 is 2.17 bits per heavy atom. The first-order chi connectivity index (χ1) is 15.8.